The Kier molecular flexibility index (Phi) is 4.29. The van der Waals surface area contributed by atoms with Crippen LogP contribution in [0.25, 0.3) is 0 Å². The van der Waals surface area contributed by atoms with Gasteiger partial charge in [0.05, 0.1) is 0 Å². The van der Waals surface area contributed by atoms with Crippen molar-refractivity contribution >= 4 is 0 Å². The average Bonchev–Trinajstić information content (AvgIpc) is 2.78. The zero-order valence-corrected chi connectivity index (χ0v) is 11.1. The molecule has 0 aliphatic heterocycles. The summed E-state index contributed by atoms with van der Waals surface area (Å²) in [6.07, 6.45) is 11.3. The zero-order chi connectivity index (χ0) is 11.5. The first kappa shape index (κ1) is 12.4. The zero-order valence-electron chi connectivity index (χ0n) is 11.1. The van der Waals surface area contributed by atoms with Gasteiger partial charge in [0, 0.05) is 6.04 Å². The van der Waals surface area contributed by atoms with Gasteiger partial charge >= 0.3 is 0 Å². The summed E-state index contributed by atoms with van der Waals surface area (Å²) in [5, 5.41) is 0. The SMILES string of the molecule is CC(C)CCCC(N)CC1CC2CCC1C2. The second-order valence-corrected chi connectivity index (χ2v) is 6.76. The minimum Gasteiger partial charge on any atom is -0.328 e. The Bertz CT molecular complexity index is 211. The Morgan fingerprint density at radius 3 is 2.50 bits per heavy atom. The summed E-state index contributed by atoms with van der Waals surface area (Å²) in [6.45, 7) is 4.61. The molecule has 0 amide bonds. The number of fused-ring (bicyclic) bond motifs is 2. The van der Waals surface area contributed by atoms with E-state index in [0.717, 1.165) is 23.7 Å². The van der Waals surface area contributed by atoms with Crippen LogP contribution in [0.5, 0.6) is 0 Å². The van der Waals surface area contributed by atoms with Crippen molar-refractivity contribution < 1.29 is 0 Å². The maximum Gasteiger partial charge on any atom is 0.00415 e. The van der Waals surface area contributed by atoms with Crippen molar-refractivity contribution in [1.29, 1.82) is 0 Å². The third-order valence-corrected chi connectivity index (χ3v) is 4.85. The molecule has 16 heavy (non-hydrogen) atoms. The van der Waals surface area contributed by atoms with E-state index in [1.54, 1.807) is 0 Å². The lowest BCUT2D eigenvalue weighted by Crippen LogP contribution is -2.26. The molecule has 0 aromatic rings. The highest BCUT2D eigenvalue weighted by Gasteiger charge is 2.39. The Morgan fingerprint density at radius 1 is 1.12 bits per heavy atom. The van der Waals surface area contributed by atoms with Crippen LogP contribution >= 0.6 is 0 Å². The number of nitrogens with two attached hydrogens (primary N) is 1. The molecule has 1 heteroatoms. The van der Waals surface area contributed by atoms with Gasteiger partial charge in [-0.2, -0.15) is 0 Å². The summed E-state index contributed by atoms with van der Waals surface area (Å²) in [6, 6.07) is 0.489. The molecule has 2 N–H and O–H groups in total. The lowest BCUT2D eigenvalue weighted by atomic mass is 9.83. The van der Waals surface area contributed by atoms with Gasteiger partial charge in [0.2, 0.25) is 0 Å². The van der Waals surface area contributed by atoms with Crippen molar-refractivity contribution in [1.82, 2.24) is 0 Å². The van der Waals surface area contributed by atoms with Crippen LogP contribution in [-0.4, -0.2) is 6.04 Å². The van der Waals surface area contributed by atoms with Gasteiger partial charge in [-0.05, 0) is 55.8 Å². The minimum absolute atomic E-state index is 0.489. The molecule has 0 spiro atoms. The molecule has 94 valence electrons. The topological polar surface area (TPSA) is 26.0 Å². The van der Waals surface area contributed by atoms with Crippen LogP contribution in [-0.2, 0) is 0 Å². The standard InChI is InChI=1S/C15H29N/c1-11(2)4-3-5-15(16)10-14-9-12-6-7-13(14)8-12/h11-15H,3-10,16H2,1-2H3. The highest BCUT2D eigenvalue weighted by Crippen LogP contribution is 2.49. The largest absolute Gasteiger partial charge is 0.328 e. The second-order valence-electron chi connectivity index (χ2n) is 6.76. The molecule has 0 radical (unpaired) electrons. The molecule has 4 unspecified atom stereocenters. The van der Waals surface area contributed by atoms with E-state index in [1.165, 1.54) is 51.4 Å². The van der Waals surface area contributed by atoms with Crippen LogP contribution in [0, 0.1) is 23.7 Å². The van der Waals surface area contributed by atoms with E-state index in [9.17, 15) is 0 Å². The quantitative estimate of drug-likeness (QED) is 0.724. The maximum atomic E-state index is 6.27. The summed E-state index contributed by atoms with van der Waals surface area (Å²) in [7, 11) is 0. The van der Waals surface area contributed by atoms with Gasteiger partial charge < -0.3 is 5.73 Å². The number of rotatable bonds is 6. The van der Waals surface area contributed by atoms with Crippen molar-refractivity contribution in [2.75, 3.05) is 0 Å². The summed E-state index contributed by atoms with van der Waals surface area (Å²) in [5.74, 6) is 3.97. The lowest BCUT2D eigenvalue weighted by Gasteiger charge is -2.24. The summed E-state index contributed by atoms with van der Waals surface area (Å²) in [5.41, 5.74) is 6.27. The van der Waals surface area contributed by atoms with Gasteiger partial charge in [0.25, 0.3) is 0 Å². The molecule has 4 atom stereocenters. The summed E-state index contributed by atoms with van der Waals surface area (Å²) in [4.78, 5) is 0. The van der Waals surface area contributed by atoms with E-state index < -0.39 is 0 Å². The van der Waals surface area contributed by atoms with Crippen LogP contribution in [0.1, 0.15) is 65.2 Å². The molecule has 1 nitrogen and oxygen atoms in total. The van der Waals surface area contributed by atoms with Gasteiger partial charge in [-0.25, -0.2) is 0 Å². The fourth-order valence-corrected chi connectivity index (χ4v) is 3.96. The number of hydrogen-bond acceptors (Lipinski definition) is 1. The molecule has 2 bridgehead atoms. The molecule has 2 aliphatic rings. The number of hydrogen-bond donors (Lipinski definition) is 1. The third kappa shape index (κ3) is 3.23. The summed E-state index contributed by atoms with van der Waals surface area (Å²) >= 11 is 0. The molecule has 2 fully saturated rings. The van der Waals surface area contributed by atoms with E-state index in [4.69, 9.17) is 5.73 Å². The van der Waals surface area contributed by atoms with Gasteiger partial charge in [0.15, 0.2) is 0 Å². The monoisotopic (exact) mass is 223 g/mol. The molecule has 0 heterocycles. The van der Waals surface area contributed by atoms with Crippen LogP contribution < -0.4 is 5.73 Å². The third-order valence-electron chi connectivity index (χ3n) is 4.85. The fraction of sp³-hybridized carbons (Fsp3) is 1.00. The minimum atomic E-state index is 0.489. The second kappa shape index (κ2) is 5.53. The highest BCUT2D eigenvalue weighted by atomic mass is 14.6. The van der Waals surface area contributed by atoms with Crippen molar-refractivity contribution in [2.24, 2.45) is 29.4 Å². The van der Waals surface area contributed by atoms with Crippen LogP contribution in [0.15, 0.2) is 0 Å². The van der Waals surface area contributed by atoms with Crippen LogP contribution in [0.4, 0.5) is 0 Å². The molecule has 2 aliphatic carbocycles. The lowest BCUT2D eigenvalue weighted by molar-refractivity contribution is 0.287. The molecule has 2 rings (SSSR count). The maximum absolute atomic E-state index is 6.27. The molecular weight excluding hydrogens is 194 g/mol. The Balaban J connectivity index is 1.62. The predicted molar refractivity (Wildman–Crippen MR) is 70.2 cm³/mol. The van der Waals surface area contributed by atoms with Crippen LogP contribution in [0.3, 0.4) is 0 Å². The molecule has 0 saturated heterocycles. The van der Waals surface area contributed by atoms with Gasteiger partial charge in [0.1, 0.15) is 0 Å². The van der Waals surface area contributed by atoms with E-state index in [-0.39, 0.29) is 0 Å². The van der Waals surface area contributed by atoms with Gasteiger partial charge in [-0.15, -0.1) is 0 Å². The van der Waals surface area contributed by atoms with Crippen molar-refractivity contribution in [3.8, 4) is 0 Å². The molecule has 0 aromatic carbocycles. The smallest absolute Gasteiger partial charge is 0.00415 e. The molecule has 0 aromatic heterocycles. The fourth-order valence-electron chi connectivity index (χ4n) is 3.96. The predicted octanol–water partition coefficient (Wildman–Crippen LogP) is 3.97. The van der Waals surface area contributed by atoms with E-state index in [2.05, 4.69) is 13.8 Å². The molecular formula is C15H29N. The van der Waals surface area contributed by atoms with Crippen molar-refractivity contribution in [3.05, 3.63) is 0 Å². The van der Waals surface area contributed by atoms with E-state index in [0.29, 0.717) is 6.04 Å². The Hall–Kier alpha value is -0.0400. The van der Waals surface area contributed by atoms with Gasteiger partial charge in [-0.1, -0.05) is 33.1 Å². The van der Waals surface area contributed by atoms with Crippen LogP contribution in [0.2, 0.25) is 0 Å². The van der Waals surface area contributed by atoms with Gasteiger partial charge in [-0.3, -0.25) is 0 Å². The van der Waals surface area contributed by atoms with Crippen molar-refractivity contribution in [2.45, 2.75) is 71.3 Å². The first-order valence-electron chi connectivity index (χ1n) is 7.40. The normalized spacial score (nSPS) is 34.9. The summed E-state index contributed by atoms with van der Waals surface area (Å²) < 4.78 is 0. The van der Waals surface area contributed by atoms with E-state index >= 15 is 0 Å². The average molecular weight is 223 g/mol. The molecule has 2 saturated carbocycles. The Morgan fingerprint density at radius 2 is 1.94 bits per heavy atom. The van der Waals surface area contributed by atoms with Crippen molar-refractivity contribution in [3.63, 3.8) is 0 Å². The first-order chi connectivity index (χ1) is 7.65. The first-order valence-corrected chi connectivity index (χ1v) is 7.40. The Labute approximate surface area is 101 Å². The highest BCUT2D eigenvalue weighted by molar-refractivity contribution is 4.91. The van der Waals surface area contributed by atoms with E-state index in [1.807, 2.05) is 0 Å².